The lowest BCUT2D eigenvalue weighted by Gasteiger charge is -2.19. The molecule has 1 unspecified atom stereocenters. The second-order valence-corrected chi connectivity index (χ2v) is 7.46. The molecule has 0 bridgehead atoms. The summed E-state index contributed by atoms with van der Waals surface area (Å²) in [5, 5.41) is 2.84. The van der Waals surface area contributed by atoms with Crippen LogP contribution in [0.1, 0.15) is 45.6 Å². The Balaban J connectivity index is 2.77. The minimum absolute atomic E-state index is 0.0612. The summed E-state index contributed by atoms with van der Waals surface area (Å²) in [6, 6.07) is 7.69. The zero-order valence-electron chi connectivity index (χ0n) is 11.9. The first-order valence-electron chi connectivity index (χ1n) is 6.83. The number of hydrogen-bond acceptors (Lipinski definition) is 2. The molecule has 5 heteroatoms. The van der Waals surface area contributed by atoms with Crippen LogP contribution in [0.15, 0.2) is 24.3 Å². The summed E-state index contributed by atoms with van der Waals surface area (Å²) in [5.41, 5.74) is 1.05. The van der Waals surface area contributed by atoms with Crippen LogP contribution in [0, 0.1) is 0 Å². The predicted molar refractivity (Wildman–Crippen MR) is 82.0 cm³/mol. The molecule has 0 saturated carbocycles. The number of halogens is 1. The van der Waals surface area contributed by atoms with Gasteiger partial charge in [0.1, 0.15) is 5.75 Å². The summed E-state index contributed by atoms with van der Waals surface area (Å²) < 4.78 is 17.7. The van der Waals surface area contributed by atoms with E-state index >= 15 is 0 Å². The van der Waals surface area contributed by atoms with Crippen molar-refractivity contribution in [3.63, 3.8) is 0 Å². The lowest BCUT2D eigenvalue weighted by Crippen LogP contribution is -2.22. The maximum atomic E-state index is 12.2. The first-order valence-corrected chi connectivity index (χ1v) is 9.36. The number of para-hydroxylation sites is 1. The number of aryl methyl sites for hydroxylation is 1. The van der Waals surface area contributed by atoms with Gasteiger partial charge in [-0.15, -0.1) is 0 Å². The van der Waals surface area contributed by atoms with Gasteiger partial charge < -0.3 is 4.52 Å². The molecule has 0 aliphatic heterocycles. The van der Waals surface area contributed by atoms with Crippen molar-refractivity contribution in [1.82, 2.24) is 5.09 Å². The molecule has 2 atom stereocenters. The van der Waals surface area contributed by atoms with E-state index in [1.807, 2.05) is 38.1 Å². The van der Waals surface area contributed by atoms with Crippen LogP contribution >= 0.6 is 18.1 Å². The minimum Gasteiger partial charge on any atom is -0.422 e. The summed E-state index contributed by atoms with van der Waals surface area (Å²) in [6.45, 7) is 2.75. The Hall–Kier alpha value is -0.500. The zero-order chi connectivity index (χ0) is 14.3. The maximum Gasteiger partial charge on any atom is 0.409 e. The van der Waals surface area contributed by atoms with Gasteiger partial charge in [-0.2, -0.15) is 0 Å². The molecule has 0 aliphatic rings. The smallest absolute Gasteiger partial charge is 0.409 e. The van der Waals surface area contributed by atoms with Crippen LogP contribution in [0.4, 0.5) is 0 Å². The van der Waals surface area contributed by atoms with Gasteiger partial charge in [-0.05, 0) is 37.8 Å². The van der Waals surface area contributed by atoms with E-state index in [4.69, 9.17) is 15.8 Å². The lowest BCUT2D eigenvalue weighted by molar-refractivity contribution is 0.467. The third-order valence-electron chi connectivity index (χ3n) is 2.98. The number of benzene rings is 1. The summed E-state index contributed by atoms with van der Waals surface area (Å²) in [4.78, 5) is 0. The third-order valence-corrected chi connectivity index (χ3v) is 4.66. The van der Waals surface area contributed by atoms with Gasteiger partial charge in [-0.3, -0.25) is 0 Å². The van der Waals surface area contributed by atoms with Crippen molar-refractivity contribution in [2.24, 2.45) is 0 Å². The monoisotopic (exact) mass is 303 g/mol. The highest BCUT2D eigenvalue weighted by molar-refractivity contribution is 7.84. The van der Waals surface area contributed by atoms with E-state index < -0.39 is 6.87 Å². The molecule has 108 valence electrons. The molecule has 1 aromatic rings. The van der Waals surface area contributed by atoms with Crippen LogP contribution in [0.5, 0.6) is 5.75 Å². The first kappa shape index (κ1) is 16.6. The number of rotatable bonds is 8. The fourth-order valence-electron chi connectivity index (χ4n) is 1.67. The van der Waals surface area contributed by atoms with Crippen molar-refractivity contribution in [2.45, 2.75) is 52.5 Å². The molecule has 1 rings (SSSR count). The van der Waals surface area contributed by atoms with Crippen molar-refractivity contribution in [2.75, 3.05) is 0 Å². The maximum absolute atomic E-state index is 12.2. The van der Waals surface area contributed by atoms with E-state index in [0.29, 0.717) is 5.75 Å². The van der Waals surface area contributed by atoms with Crippen LogP contribution in [-0.2, 0) is 11.0 Å². The highest BCUT2D eigenvalue weighted by Crippen LogP contribution is 2.49. The minimum atomic E-state index is -3.32. The fraction of sp³-hybridized carbons (Fsp3) is 0.571. The van der Waals surface area contributed by atoms with Gasteiger partial charge >= 0.3 is 6.87 Å². The average molecular weight is 304 g/mol. The quantitative estimate of drug-likeness (QED) is 0.675. The van der Waals surface area contributed by atoms with Crippen LogP contribution in [0.25, 0.3) is 0 Å². The Morgan fingerprint density at radius 2 is 2.05 bits per heavy atom. The molecule has 0 aliphatic carbocycles. The molecule has 1 N–H and O–H groups in total. The Morgan fingerprint density at radius 1 is 1.37 bits per heavy atom. The van der Waals surface area contributed by atoms with Crippen molar-refractivity contribution in [3.8, 4) is 5.75 Å². The molecule has 0 fully saturated rings. The Labute approximate surface area is 121 Å². The van der Waals surface area contributed by atoms with Gasteiger partial charge in [0.05, 0.1) is 0 Å². The summed E-state index contributed by atoms with van der Waals surface area (Å²) >= 11 is 5.97. The summed E-state index contributed by atoms with van der Waals surface area (Å²) in [7, 11) is 0. The molecule has 19 heavy (non-hydrogen) atoms. The average Bonchev–Trinajstić information content (AvgIpc) is 2.36. The summed E-state index contributed by atoms with van der Waals surface area (Å²) in [6.07, 6.45) is 3.94. The van der Waals surface area contributed by atoms with E-state index in [0.717, 1.165) is 31.2 Å². The second-order valence-electron chi connectivity index (χ2n) is 4.72. The van der Waals surface area contributed by atoms with Crippen LogP contribution in [-0.4, -0.2) is 6.04 Å². The second kappa shape index (κ2) is 7.94. The van der Waals surface area contributed by atoms with E-state index in [1.54, 1.807) is 0 Å². The fourth-order valence-corrected chi connectivity index (χ4v) is 3.59. The number of hydrogen-bond donors (Lipinski definition) is 1. The number of nitrogens with one attached hydrogen (secondary N) is 1. The largest absolute Gasteiger partial charge is 0.422 e. The molecule has 3 nitrogen and oxygen atoms in total. The van der Waals surface area contributed by atoms with Gasteiger partial charge in [-0.25, -0.2) is 9.65 Å². The molecule has 0 aromatic heterocycles. The van der Waals surface area contributed by atoms with Crippen LogP contribution in [0.2, 0.25) is 0 Å². The highest BCUT2D eigenvalue weighted by atomic mass is 35.7. The van der Waals surface area contributed by atoms with Gasteiger partial charge in [0.25, 0.3) is 0 Å². The Bertz CT molecular complexity index is 439. The predicted octanol–water partition coefficient (Wildman–Crippen LogP) is 5.14. The highest BCUT2D eigenvalue weighted by Gasteiger charge is 2.23. The SMILES string of the molecule is CCCCc1ccccc1OP(=O)(Cl)N[C@@H](C)CC. The molecule has 0 spiro atoms. The molecule has 0 radical (unpaired) electrons. The summed E-state index contributed by atoms with van der Waals surface area (Å²) in [5.74, 6) is 0.616. The zero-order valence-corrected chi connectivity index (χ0v) is 13.5. The molecular formula is C14H23ClNO2P. The van der Waals surface area contributed by atoms with E-state index in [9.17, 15) is 4.57 Å². The van der Waals surface area contributed by atoms with Gasteiger partial charge in [-0.1, -0.05) is 38.5 Å². The van der Waals surface area contributed by atoms with Crippen molar-refractivity contribution in [1.29, 1.82) is 0 Å². The Kier molecular flexibility index (Phi) is 6.92. The lowest BCUT2D eigenvalue weighted by atomic mass is 10.1. The van der Waals surface area contributed by atoms with E-state index in [-0.39, 0.29) is 6.04 Å². The Morgan fingerprint density at radius 3 is 2.68 bits per heavy atom. The van der Waals surface area contributed by atoms with Gasteiger partial charge in [0.15, 0.2) is 0 Å². The normalized spacial score (nSPS) is 15.8. The topological polar surface area (TPSA) is 38.3 Å². The first-order chi connectivity index (χ1) is 8.98. The van der Waals surface area contributed by atoms with Gasteiger partial charge in [0.2, 0.25) is 0 Å². The third kappa shape index (κ3) is 5.99. The number of unbranched alkanes of at least 4 members (excludes halogenated alkanes) is 1. The standard InChI is InChI=1S/C14H23ClNO2P/c1-4-6-9-13-10-7-8-11-14(13)18-19(15,17)16-12(3)5-2/h7-8,10-12H,4-6,9H2,1-3H3,(H,16,17)/t12-,19?/m0/s1. The molecule has 0 amide bonds. The van der Waals surface area contributed by atoms with E-state index in [1.165, 1.54) is 0 Å². The molecule has 0 heterocycles. The van der Waals surface area contributed by atoms with Crippen LogP contribution in [0.3, 0.4) is 0 Å². The van der Waals surface area contributed by atoms with Gasteiger partial charge in [0, 0.05) is 17.3 Å². The van der Waals surface area contributed by atoms with Crippen LogP contribution < -0.4 is 9.61 Å². The molecule has 0 saturated heterocycles. The van der Waals surface area contributed by atoms with E-state index in [2.05, 4.69) is 12.0 Å². The molecular weight excluding hydrogens is 281 g/mol. The van der Waals surface area contributed by atoms with Crippen molar-refractivity contribution >= 4 is 18.1 Å². The molecule has 1 aromatic carbocycles. The van der Waals surface area contributed by atoms with Crippen molar-refractivity contribution < 1.29 is 9.09 Å². The van der Waals surface area contributed by atoms with Crippen molar-refractivity contribution in [3.05, 3.63) is 29.8 Å².